The van der Waals surface area contributed by atoms with Crippen molar-refractivity contribution in [3.05, 3.63) is 71.3 Å². The van der Waals surface area contributed by atoms with Crippen molar-refractivity contribution in [3.63, 3.8) is 0 Å². The van der Waals surface area contributed by atoms with Crippen LogP contribution in [0, 0.1) is 0 Å². The Kier molecular flexibility index (Phi) is 4.51. The van der Waals surface area contributed by atoms with Crippen LogP contribution in [0.5, 0.6) is 0 Å². The number of hydrogen-bond donors (Lipinski definition) is 2. The van der Waals surface area contributed by atoms with Gasteiger partial charge in [-0.3, -0.25) is 5.84 Å². The molecule has 0 saturated carbocycles. The normalized spacial score (nSPS) is 12.3. The maximum Gasteiger partial charge on any atom is 0.0710 e. The molecule has 2 aromatic rings. The third-order valence-corrected chi connectivity index (χ3v) is 3.12. The Balaban J connectivity index is 2.30. The van der Waals surface area contributed by atoms with E-state index in [-0.39, 0.29) is 6.04 Å². The lowest BCUT2D eigenvalue weighted by atomic mass is 9.97. The van der Waals surface area contributed by atoms with Crippen LogP contribution in [0.3, 0.4) is 0 Å². The first kappa shape index (κ1) is 12.8. The summed E-state index contributed by atoms with van der Waals surface area (Å²) in [5.41, 5.74) is 6.68. The summed E-state index contributed by atoms with van der Waals surface area (Å²) in [6.07, 6.45) is 2.27. The average molecular weight is 240 g/mol. The van der Waals surface area contributed by atoms with Gasteiger partial charge < -0.3 is 0 Å². The molecule has 3 N–H and O–H groups in total. The van der Waals surface area contributed by atoms with Crippen LogP contribution >= 0.6 is 0 Å². The van der Waals surface area contributed by atoms with Crippen molar-refractivity contribution in [2.45, 2.75) is 25.8 Å². The first-order valence-corrected chi connectivity index (χ1v) is 6.45. The molecule has 0 fully saturated rings. The van der Waals surface area contributed by atoms with Gasteiger partial charge in [0, 0.05) is 0 Å². The zero-order valence-electron chi connectivity index (χ0n) is 10.8. The molecule has 94 valence electrons. The largest absolute Gasteiger partial charge is 0.271 e. The Morgan fingerprint density at radius 1 is 1.00 bits per heavy atom. The molecule has 1 atom stereocenters. The van der Waals surface area contributed by atoms with Crippen molar-refractivity contribution in [1.82, 2.24) is 5.43 Å². The molecule has 0 aliphatic carbocycles. The third kappa shape index (κ3) is 2.97. The van der Waals surface area contributed by atoms with Crippen molar-refractivity contribution in [2.75, 3.05) is 0 Å². The summed E-state index contributed by atoms with van der Waals surface area (Å²) in [5, 5.41) is 0. The smallest absolute Gasteiger partial charge is 0.0710 e. The molecule has 0 spiro atoms. The number of hydrazine groups is 1. The lowest BCUT2D eigenvalue weighted by Crippen LogP contribution is -2.28. The predicted molar refractivity (Wildman–Crippen MR) is 76.0 cm³/mol. The zero-order valence-corrected chi connectivity index (χ0v) is 10.8. The molecule has 18 heavy (non-hydrogen) atoms. The van der Waals surface area contributed by atoms with Crippen LogP contribution in [0.1, 0.15) is 36.1 Å². The number of nitrogens with one attached hydrogen (secondary N) is 1. The van der Waals surface area contributed by atoms with E-state index in [0.717, 1.165) is 12.8 Å². The second-order valence-electron chi connectivity index (χ2n) is 4.51. The van der Waals surface area contributed by atoms with E-state index in [9.17, 15) is 0 Å². The topological polar surface area (TPSA) is 38.0 Å². The standard InChI is InChI=1S/C16H20N2/c1-2-7-13-8-6-11-15(12-13)16(18-17)14-9-4-3-5-10-14/h3-6,8-12,16,18H,2,7,17H2,1H3. The first-order valence-electron chi connectivity index (χ1n) is 6.45. The molecule has 0 bridgehead atoms. The van der Waals surface area contributed by atoms with Crippen LogP contribution in [0.2, 0.25) is 0 Å². The number of hydrogen-bond acceptors (Lipinski definition) is 2. The molecule has 0 aromatic heterocycles. The van der Waals surface area contributed by atoms with E-state index in [4.69, 9.17) is 5.84 Å². The predicted octanol–water partition coefficient (Wildman–Crippen LogP) is 3.19. The summed E-state index contributed by atoms with van der Waals surface area (Å²) in [7, 11) is 0. The minimum absolute atomic E-state index is 0.0583. The summed E-state index contributed by atoms with van der Waals surface area (Å²) >= 11 is 0. The molecule has 0 amide bonds. The van der Waals surface area contributed by atoms with Gasteiger partial charge in [-0.1, -0.05) is 67.9 Å². The van der Waals surface area contributed by atoms with Gasteiger partial charge in [0.05, 0.1) is 6.04 Å². The van der Waals surface area contributed by atoms with Crippen LogP contribution in [0.25, 0.3) is 0 Å². The third-order valence-electron chi connectivity index (χ3n) is 3.12. The molecule has 0 heterocycles. The molecule has 0 aliphatic rings. The first-order chi connectivity index (χ1) is 8.85. The van der Waals surface area contributed by atoms with Gasteiger partial charge in [-0.2, -0.15) is 0 Å². The molecule has 2 nitrogen and oxygen atoms in total. The zero-order chi connectivity index (χ0) is 12.8. The minimum atomic E-state index is 0.0583. The highest BCUT2D eigenvalue weighted by atomic mass is 15.2. The molecule has 0 saturated heterocycles. The highest BCUT2D eigenvalue weighted by molar-refractivity contribution is 5.34. The lowest BCUT2D eigenvalue weighted by molar-refractivity contribution is 0.636. The van der Waals surface area contributed by atoms with E-state index >= 15 is 0 Å². The second kappa shape index (κ2) is 6.34. The fourth-order valence-corrected chi connectivity index (χ4v) is 2.25. The summed E-state index contributed by atoms with van der Waals surface area (Å²) in [6, 6.07) is 19.0. The van der Waals surface area contributed by atoms with E-state index in [1.54, 1.807) is 0 Å². The summed E-state index contributed by atoms with van der Waals surface area (Å²) in [6.45, 7) is 2.20. The fourth-order valence-electron chi connectivity index (χ4n) is 2.25. The van der Waals surface area contributed by atoms with Gasteiger partial charge in [-0.15, -0.1) is 0 Å². The van der Waals surface area contributed by atoms with Gasteiger partial charge in [-0.25, -0.2) is 5.43 Å². The number of benzene rings is 2. The van der Waals surface area contributed by atoms with E-state index in [1.807, 2.05) is 18.2 Å². The van der Waals surface area contributed by atoms with Crippen molar-refractivity contribution in [1.29, 1.82) is 0 Å². The number of rotatable bonds is 5. The van der Waals surface area contributed by atoms with Crippen LogP contribution in [-0.2, 0) is 6.42 Å². The fraction of sp³-hybridized carbons (Fsp3) is 0.250. The van der Waals surface area contributed by atoms with E-state index < -0.39 is 0 Å². The van der Waals surface area contributed by atoms with E-state index in [1.165, 1.54) is 16.7 Å². The van der Waals surface area contributed by atoms with Crippen molar-refractivity contribution in [2.24, 2.45) is 5.84 Å². The highest BCUT2D eigenvalue weighted by Gasteiger charge is 2.11. The van der Waals surface area contributed by atoms with Crippen LogP contribution in [0.15, 0.2) is 54.6 Å². The maximum atomic E-state index is 5.71. The van der Waals surface area contributed by atoms with Crippen molar-refractivity contribution in [3.8, 4) is 0 Å². The lowest BCUT2D eigenvalue weighted by Gasteiger charge is -2.17. The molecule has 2 rings (SSSR count). The maximum absolute atomic E-state index is 5.71. The number of nitrogens with two attached hydrogens (primary N) is 1. The van der Waals surface area contributed by atoms with Gasteiger partial charge in [0.25, 0.3) is 0 Å². The molecule has 2 heteroatoms. The van der Waals surface area contributed by atoms with Crippen molar-refractivity contribution < 1.29 is 0 Å². The Labute approximate surface area is 109 Å². The van der Waals surface area contributed by atoms with Crippen LogP contribution in [-0.4, -0.2) is 0 Å². The molecule has 0 aliphatic heterocycles. The van der Waals surface area contributed by atoms with Gasteiger partial charge in [0.2, 0.25) is 0 Å². The second-order valence-corrected chi connectivity index (χ2v) is 4.51. The summed E-state index contributed by atoms with van der Waals surface area (Å²) in [5.74, 6) is 5.71. The highest BCUT2D eigenvalue weighted by Crippen LogP contribution is 2.22. The van der Waals surface area contributed by atoms with Gasteiger partial charge in [0.1, 0.15) is 0 Å². The SMILES string of the molecule is CCCc1cccc(C(NN)c2ccccc2)c1. The molecule has 1 unspecified atom stereocenters. The monoisotopic (exact) mass is 240 g/mol. The molecular weight excluding hydrogens is 220 g/mol. The van der Waals surface area contributed by atoms with E-state index in [0.29, 0.717) is 0 Å². The number of aryl methyl sites for hydroxylation is 1. The molecule has 0 radical (unpaired) electrons. The molecular formula is C16H20N2. The van der Waals surface area contributed by atoms with Crippen LogP contribution < -0.4 is 11.3 Å². The summed E-state index contributed by atoms with van der Waals surface area (Å²) < 4.78 is 0. The average Bonchev–Trinajstić information content (AvgIpc) is 2.42. The van der Waals surface area contributed by atoms with E-state index in [2.05, 4.69) is 48.7 Å². The quantitative estimate of drug-likeness (QED) is 0.622. The van der Waals surface area contributed by atoms with Gasteiger partial charge in [-0.05, 0) is 23.1 Å². The van der Waals surface area contributed by atoms with Gasteiger partial charge in [0.15, 0.2) is 0 Å². The summed E-state index contributed by atoms with van der Waals surface area (Å²) in [4.78, 5) is 0. The Morgan fingerprint density at radius 3 is 2.39 bits per heavy atom. The Hall–Kier alpha value is -1.64. The Morgan fingerprint density at radius 2 is 1.72 bits per heavy atom. The van der Waals surface area contributed by atoms with Gasteiger partial charge >= 0.3 is 0 Å². The molecule has 2 aromatic carbocycles. The van der Waals surface area contributed by atoms with Crippen LogP contribution in [0.4, 0.5) is 0 Å². The Bertz CT molecular complexity index is 479. The van der Waals surface area contributed by atoms with Crippen molar-refractivity contribution >= 4 is 0 Å². The minimum Gasteiger partial charge on any atom is -0.271 e.